The van der Waals surface area contributed by atoms with Crippen LogP contribution in [0, 0.1) is 0 Å². The Morgan fingerprint density at radius 2 is 1.82 bits per heavy atom. The van der Waals surface area contributed by atoms with E-state index in [1.807, 2.05) is 5.38 Å². The van der Waals surface area contributed by atoms with Crippen LogP contribution in [0.25, 0.3) is 11.3 Å². The number of aliphatic carboxylic acids is 1. The van der Waals surface area contributed by atoms with Gasteiger partial charge in [-0.25, -0.2) is 4.98 Å². The van der Waals surface area contributed by atoms with Gasteiger partial charge in [-0.15, -0.1) is 11.3 Å². The number of hydrogen-bond acceptors (Lipinski definition) is 5. The molecule has 6 heteroatoms. The molecule has 0 bridgehead atoms. The zero-order valence-electron chi connectivity index (χ0n) is 19.2. The van der Waals surface area contributed by atoms with Crippen molar-refractivity contribution in [2.75, 3.05) is 11.9 Å². The predicted molar refractivity (Wildman–Crippen MR) is 136 cm³/mol. The van der Waals surface area contributed by atoms with Crippen LogP contribution in [0.4, 0.5) is 5.69 Å². The van der Waals surface area contributed by atoms with Crippen molar-refractivity contribution in [2.45, 2.75) is 64.0 Å². The highest BCUT2D eigenvalue weighted by molar-refractivity contribution is 7.09. The first-order valence-corrected chi connectivity index (χ1v) is 12.8. The summed E-state index contributed by atoms with van der Waals surface area (Å²) in [6.45, 7) is 2.99. The number of aromatic nitrogens is 1. The Morgan fingerprint density at radius 3 is 2.52 bits per heavy atom. The standard InChI is InChI=1S/C27H33N3O2S/c1-19(27(31)32)29-17-26-30-25(18-33-26)23-11-13-24(14-12-23)28-16-15-20-7-9-22(10-8-20)21-5-3-2-4-6-21/h7-14,18-19,21,28-29H,2-6,15-17H2,1H3,(H,31,32). The van der Waals surface area contributed by atoms with Crippen molar-refractivity contribution in [3.05, 3.63) is 70.0 Å². The van der Waals surface area contributed by atoms with Crippen LogP contribution >= 0.6 is 11.3 Å². The van der Waals surface area contributed by atoms with E-state index < -0.39 is 12.0 Å². The monoisotopic (exact) mass is 463 g/mol. The summed E-state index contributed by atoms with van der Waals surface area (Å²) in [6.07, 6.45) is 7.85. The van der Waals surface area contributed by atoms with Gasteiger partial charge in [0.1, 0.15) is 11.0 Å². The second kappa shape index (κ2) is 11.4. The van der Waals surface area contributed by atoms with Gasteiger partial charge in [0.2, 0.25) is 0 Å². The molecule has 1 atom stereocenters. The first-order valence-electron chi connectivity index (χ1n) is 11.9. The SMILES string of the molecule is CC(NCc1nc(-c2ccc(NCCc3ccc(C4CCCCC4)cc3)cc2)cs1)C(=O)O. The van der Waals surface area contributed by atoms with E-state index in [-0.39, 0.29) is 0 Å². The van der Waals surface area contributed by atoms with Crippen molar-refractivity contribution in [2.24, 2.45) is 0 Å². The van der Waals surface area contributed by atoms with E-state index in [0.29, 0.717) is 6.54 Å². The molecule has 3 aromatic rings. The third-order valence-electron chi connectivity index (χ3n) is 6.46. The number of thiazole rings is 1. The van der Waals surface area contributed by atoms with E-state index in [9.17, 15) is 4.79 Å². The highest BCUT2D eigenvalue weighted by atomic mass is 32.1. The molecule has 2 aromatic carbocycles. The van der Waals surface area contributed by atoms with Crippen molar-refractivity contribution in [1.29, 1.82) is 0 Å². The summed E-state index contributed by atoms with van der Waals surface area (Å²) < 4.78 is 0. The van der Waals surface area contributed by atoms with E-state index in [2.05, 4.69) is 64.1 Å². The molecule has 5 nitrogen and oxygen atoms in total. The fourth-order valence-electron chi connectivity index (χ4n) is 4.35. The van der Waals surface area contributed by atoms with Crippen molar-refractivity contribution in [1.82, 2.24) is 10.3 Å². The number of anilines is 1. The summed E-state index contributed by atoms with van der Waals surface area (Å²) in [5, 5.41) is 18.4. The zero-order valence-corrected chi connectivity index (χ0v) is 20.0. The molecule has 4 rings (SSSR count). The number of rotatable bonds is 10. The molecule has 0 saturated heterocycles. The molecule has 1 saturated carbocycles. The maximum Gasteiger partial charge on any atom is 0.320 e. The smallest absolute Gasteiger partial charge is 0.320 e. The van der Waals surface area contributed by atoms with Gasteiger partial charge in [0, 0.05) is 29.7 Å². The van der Waals surface area contributed by atoms with E-state index in [4.69, 9.17) is 5.11 Å². The van der Waals surface area contributed by atoms with Crippen LogP contribution in [0.2, 0.25) is 0 Å². The molecule has 33 heavy (non-hydrogen) atoms. The first-order chi connectivity index (χ1) is 16.1. The maximum atomic E-state index is 10.9. The lowest BCUT2D eigenvalue weighted by Gasteiger charge is -2.22. The summed E-state index contributed by atoms with van der Waals surface area (Å²) in [7, 11) is 0. The Hall–Kier alpha value is -2.70. The minimum absolute atomic E-state index is 0.458. The van der Waals surface area contributed by atoms with Gasteiger partial charge < -0.3 is 10.4 Å². The third kappa shape index (κ3) is 6.65. The number of hydrogen-bond donors (Lipinski definition) is 3. The Balaban J connectivity index is 1.24. The molecule has 174 valence electrons. The van der Waals surface area contributed by atoms with Crippen molar-refractivity contribution in [3.63, 3.8) is 0 Å². The summed E-state index contributed by atoms with van der Waals surface area (Å²) >= 11 is 1.54. The van der Waals surface area contributed by atoms with Crippen LogP contribution in [-0.2, 0) is 17.8 Å². The van der Waals surface area contributed by atoms with Gasteiger partial charge in [-0.1, -0.05) is 55.7 Å². The van der Waals surface area contributed by atoms with Crippen LogP contribution in [0.5, 0.6) is 0 Å². The van der Waals surface area contributed by atoms with Crippen molar-refractivity contribution < 1.29 is 9.90 Å². The molecule has 1 aliphatic rings. The summed E-state index contributed by atoms with van der Waals surface area (Å²) in [5.41, 5.74) is 5.97. The number of nitrogens with one attached hydrogen (secondary N) is 2. The Morgan fingerprint density at radius 1 is 1.09 bits per heavy atom. The molecule has 0 aliphatic heterocycles. The van der Waals surface area contributed by atoms with E-state index >= 15 is 0 Å². The topological polar surface area (TPSA) is 74.2 Å². The van der Waals surface area contributed by atoms with Crippen LogP contribution in [0.15, 0.2) is 53.9 Å². The van der Waals surface area contributed by atoms with Crippen LogP contribution in [0.3, 0.4) is 0 Å². The largest absolute Gasteiger partial charge is 0.480 e. The number of carbonyl (C=O) groups is 1. The van der Waals surface area contributed by atoms with Gasteiger partial charge in [-0.3, -0.25) is 10.1 Å². The second-order valence-corrected chi connectivity index (χ2v) is 9.84. The van der Waals surface area contributed by atoms with Gasteiger partial charge in [0.15, 0.2) is 0 Å². The summed E-state index contributed by atoms with van der Waals surface area (Å²) in [6, 6.07) is 17.0. The van der Waals surface area contributed by atoms with Gasteiger partial charge in [0.05, 0.1) is 5.69 Å². The second-order valence-electron chi connectivity index (χ2n) is 8.90. The number of carboxylic acid groups (broad SMARTS) is 1. The summed E-state index contributed by atoms with van der Waals surface area (Å²) in [4.78, 5) is 15.5. The molecule has 0 amide bonds. The molecule has 3 N–H and O–H groups in total. The summed E-state index contributed by atoms with van der Waals surface area (Å²) in [5.74, 6) is -0.0888. The van der Waals surface area contributed by atoms with Gasteiger partial charge >= 0.3 is 5.97 Å². The highest BCUT2D eigenvalue weighted by Gasteiger charge is 2.15. The molecule has 1 heterocycles. The van der Waals surface area contributed by atoms with Crippen molar-refractivity contribution >= 4 is 23.0 Å². The molecular weight excluding hydrogens is 430 g/mol. The molecule has 0 radical (unpaired) electrons. The molecule has 1 fully saturated rings. The minimum atomic E-state index is -0.855. The molecule has 0 spiro atoms. The van der Waals surface area contributed by atoms with Gasteiger partial charge in [-0.05, 0) is 55.4 Å². The maximum absolute atomic E-state index is 10.9. The van der Waals surface area contributed by atoms with Crippen LogP contribution in [0.1, 0.15) is 61.1 Å². The van der Waals surface area contributed by atoms with Gasteiger partial charge in [-0.2, -0.15) is 0 Å². The van der Waals surface area contributed by atoms with Crippen LogP contribution in [-0.4, -0.2) is 28.6 Å². The minimum Gasteiger partial charge on any atom is -0.480 e. The fraction of sp³-hybridized carbons (Fsp3) is 0.407. The predicted octanol–water partition coefficient (Wildman–Crippen LogP) is 6.08. The van der Waals surface area contributed by atoms with Gasteiger partial charge in [0.25, 0.3) is 0 Å². The fourth-order valence-corrected chi connectivity index (χ4v) is 5.11. The molecular formula is C27H33N3O2S. The van der Waals surface area contributed by atoms with Crippen molar-refractivity contribution in [3.8, 4) is 11.3 Å². The normalized spacial score (nSPS) is 15.3. The average Bonchev–Trinajstić information content (AvgIpc) is 3.33. The van der Waals surface area contributed by atoms with E-state index in [0.717, 1.165) is 40.8 Å². The number of benzene rings is 2. The first kappa shape index (κ1) is 23.5. The highest BCUT2D eigenvalue weighted by Crippen LogP contribution is 2.32. The number of nitrogens with zero attached hydrogens (tertiary/aromatic N) is 1. The zero-order chi connectivity index (χ0) is 23.0. The quantitative estimate of drug-likeness (QED) is 0.340. The molecule has 1 aromatic heterocycles. The molecule has 1 aliphatic carbocycles. The van der Waals surface area contributed by atoms with E-state index in [1.165, 1.54) is 43.2 Å². The van der Waals surface area contributed by atoms with E-state index in [1.54, 1.807) is 18.3 Å². The third-order valence-corrected chi connectivity index (χ3v) is 7.31. The Labute approximate surface area is 200 Å². The Kier molecular flexibility index (Phi) is 8.13. The Bertz CT molecular complexity index is 1020. The number of carboxylic acids is 1. The van der Waals surface area contributed by atoms with Crippen LogP contribution < -0.4 is 10.6 Å². The lowest BCUT2D eigenvalue weighted by atomic mass is 9.84. The lowest BCUT2D eigenvalue weighted by molar-refractivity contribution is -0.139. The lowest BCUT2D eigenvalue weighted by Crippen LogP contribution is -2.33. The molecule has 1 unspecified atom stereocenters. The average molecular weight is 464 g/mol.